The Morgan fingerprint density at radius 3 is 1.23 bits per heavy atom. The number of unbranched alkanes of at least 4 members (excludes halogenated alkanes) is 26. The highest BCUT2D eigenvalue weighted by Crippen LogP contribution is 2.19. The van der Waals surface area contributed by atoms with Crippen LogP contribution in [0.15, 0.2) is 42.7 Å². The summed E-state index contributed by atoms with van der Waals surface area (Å²) in [6, 6.07) is 11.1. The topological polar surface area (TPSA) is 8.81 Å². The van der Waals surface area contributed by atoms with Crippen LogP contribution in [-0.4, -0.2) is 4.57 Å². The third kappa shape index (κ3) is 19.4. The molecule has 2 aromatic rings. The van der Waals surface area contributed by atoms with Gasteiger partial charge >= 0.3 is 0 Å². The van der Waals surface area contributed by atoms with Crippen molar-refractivity contribution in [2.24, 2.45) is 0 Å². The zero-order chi connectivity index (χ0) is 30.5. The smallest absolute Gasteiger partial charge is 0.230 e. The molecule has 246 valence electrons. The molecule has 0 atom stereocenters. The molecule has 0 N–H and O–H groups in total. The lowest BCUT2D eigenvalue weighted by Gasteiger charge is -2.07. The van der Waals surface area contributed by atoms with Gasteiger partial charge in [0.2, 0.25) is 0 Å². The SMILES string of the molecule is CCCCCCCCCCCCCCCCC[n+]1ccn(CCCCCCCCCCCCCCC)c1-c1ccccc1. The molecule has 0 bridgehead atoms. The van der Waals surface area contributed by atoms with Crippen LogP contribution in [0.25, 0.3) is 11.4 Å². The molecule has 0 saturated carbocycles. The second-order valence-corrected chi connectivity index (χ2v) is 13.6. The molecule has 0 amide bonds. The van der Waals surface area contributed by atoms with Crippen LogP contribution in [0.1, 0.15) is 194 Å². The summed E-state index contributed by atoms with van der Waals surface area (Å²) in [4.78, 5) is 0. The summed E-state index contributed by atoms with van der Waals surface area (Å²) in [5, 5.41) is 0. The Labute approximate surface area is 269 Å². The first-order valence-corrected chi connectivity index (χ1v) is 19.5. The summed E-state index contributed by atoms with van der Waals surface area (Å²) >= 11 is 0. The molecule has 0 aliphatic rings. The molecule has 0 fully saturated rings. The minimum absolute atomic E-state index is 1.15. The number of nitrogens with zero attached hydrogens (tertiary/aromatic N) is 2. The Hall–Kier alpha value is -1.57. The van der Waals surface area contributed by atoms with Gasteiger partial charge in [-0.1, -0.05) is 186 Å². The van der Waals surface area contributed by atoms with E-state index in [1.165, 1.54) is 191 Å². The molecule has 1 aromatic heterocycles. The standard InChI is InChI=1S/C41H73N2/c1-3-5-7-9-11-13-15-17-18-20-22-24-26-28-33-37-43-39-38-42(41(43)40-34-30-29-31-35-40)36-32-27-25-23-21-19-16-14-12-10-8-6-4-2/h29-31,34-35,38-39H,3-28,32-33,36-37H2,1-2H3/q+1. The summed E-state index contributed by atoms with van der Waals surface area (Å²) in [5.74, 6) is 1.41. The summed E-state index contributed by atoms with van der Waals surface area (Å²) in [6.45, 7) is 6.90. The number of rotatable bonds is 31. The number of hydrogen-bond donors (Lipinski definition) is 0. The maximum absolute atomic E-state index is 2.53. The van der Waals surface area contributed by atoms with Crippen LogP contribution in [0, 0.1) is 0 Å². The lowest BCUT2D eigenvalue weighted by Crippen LogP contribution is -2.34. The minimum Gasteiger partial charge on any atom is -0.230 e. The monoisotopic (exact) mass is 594 g/mol. The lowest BCUT2D eigenvalue weighted by molar-refractivity contribution is -0.686. The van der Waals surface area contributed by atoms with Crippen LogP contribution in [0.4, 0.5) is 0 Å². The molecule has 0 aliphatic carbocycles. The fraction of sp³-hybridized carbons (Fsp3) is 0.780. The molecule has 0 saturated heterocycles. The molecule has 1 aromatic carbocycles. The van der Waals surface area contributed by atoms with Crippen LogP contribution >= 0.6 is 0 Å². The van der Waals surface area contributed by atoms with E-state index in [0.29, 0.717) is 0 Å². The van der Waals surface area contributed by atoms with Gasteiger partial charge in [0, 0.05) is 0 Å². The Kier molecular flexibility index (Phi) is 24.4. The van der Waals surface area contributed by atoms with E-state index in [0.717, 1.165) is 13.1 Å². The highest BCUT2D eigenvalue weighted by Gasteiger charge is 2.18. The van der Waals surface area contributed by atoms with Gasteiger partial charge in [0.05, 0.1) is 18.7 Å². The predicted octanol–water partition coefficient (Wildman–Crippen LogP) is 13.4. The van der Waals surface area contributed by atoms with Gasteiger partial charge < -0.3 is 0 Å². The van der Waals surface area contributed by atoms with E-state index in [9.17, 15) is 0 Å². The molecule has 1 heterocycles. The number of aromatic nitrogens is 2. The van der Waals surface area contributed by atoms with Crippen molar-refractivity contribution in [2.75, 3.05) is 0 Å². The summed E-state index contributed by atoms with van der Waals surface area (Å²) in [6.07, 6.45) is 44.5. The van der Waals surface area contributed by atoms with Crippen molar-refractivity contribution in [2.45, 2.75) is 207 Å². The van der Waals surface area contributed by atoms with Gasteiger partial charge in [0.15, 0.2) is 0 Å². The van der Waals surface area contributed by atoms with Crippen LogP contribution in [0.5, 0.6) is 0 Å². The Morgan fingerprint density at radius 1 is 0.442 bits per heavy atom. The first-order valence-electron chi connectivity index (χ1n) is 19.5. The lowest BCUT2D eigenvalue weighted by atomic mass is 10.0. The third-order valence-electron chi connectivity index (χ3n) is 9.51. The maximum Gasteiger partial charge on any atom is 0.288 e. The Balaban J connectivity index is 1.55. The summed E-state index contributed by atoms with van der Waals surface area (Å²) in [7, 11) is 0. The zero-order valence-corrected chi connectivity index (χ0v) is 29.1. The van der Waals surface area contributed by atoms with Gasteiger partial charge in [-0.2, -0.15) is 0 Å². The van der Waals surface area contributed by atoms with Crippen LogP contribution in [-0.2, 0) is 13.1 Å². The van der Waals surface area contributed by atoms with Crippen LogP contribution in [0.3, 0.4) is 0 Å². The molecular weight excluding hydrogens is 520 g/mol. The van der Waals surface area contributed by atoms with E-state index in [1.807, 2.05) is 0 Å². The molecule has 0 unspecified atom stereocenters. The zero-order valence-electron chi connectivity index (χ0n) is 29.1. The van der Waals surface area contributed by atoms with Crippen molar-refractivity contribution in [1.82, 2.24) is 4.57 Å². The van der Waals surface area contributed by atoms with Crippen molar-refractivity contribution in [3.8, 4) is 11.4 Å². The normalized spacial score (nSPS) is 11.5. The van der Waals surface area contributed by atoms with Crippen molar-refractivity contribution in [1.29, 1.82) is 0 Å². The second kappa shape index (κ2) is 27.9. The largest absolute Gasteiger partial charge is 0.288 e. The van der Waals surface area contributed by atoms with Gasteiger partial charge in [-0.3, -0.25) is 0 Å². The molecule has 0 aliphatic heterocycles. The van der Waals surface area contributed by atoms with Crippen molar-refractivity contribution >= 4 is 0 Å². The molecular formula is C41H73N2+. The number of hydrogen-bond acceptors (Lipinski definition) is 0. The van der Waals surface area contributed by atoms with Crippen LogP contribution in [0.2, 0.25) is 0 Å². The van der Waals surface area contributed by atoms with Crippen LogP contribution < -0.4 is 4.57 Å². The van der Waals surface area contributed by atoms with Gasteiger partial charge in [0.1, 0.15) is 12.4 Å². The molecule has 2 rings (SSSR count). The average Bonchev–Trinajstić information content (AvgIpc) is 3.44. The molecule has 0 radical (unpaired) electrons. The molecule has 2 nitrogen and oxygen atoms in total. The number of imidazole rings is 1. The van der Waals surface area contributed by atoms with Crippen molar-refractivity contribution < 1.29 is 4.57 Å². The highest BCUT2D eigenvalue weighted by atomic mass is 15.1. The first-order chi connectivity index (χ1) is 21.4. The predicted molar refractivity (Wildman–Crippen MR) is 191 cm³/mol. The molecule has 2 heteroatoms. The van der Waals surface area contributed by atoms with Crippen molar-refractivity contribution in [3.05, 3.63) is 42.7 Å². The van der Waals surface area contributed by atoms with Crippen molar-refractivity contribution in [3.63, 3.8) is 0 Å². The van der Waals surface area contributed by atoms with E-state index in [-0.39, 0.29) is 0 Å². The van der Waals surface area contributed by atoms with E-state index in [2.05, 4.69) is 65.7 Å². The highest BCUT2D eigenvalue weighted by molar-refractivity contribution is 5.52. The van der Waals surface area contributed by atoms with Gasteiger partial charge in [-0.15, -0.1) is 0 Å². The Morgan fingerprint density at radius 2 is 0.814 bits per heavy atom. The summed E-state index contributed by atoms with van der Waals surface area (Å²) < 4.78 is 5.05. The fourth-order valence-corrected chi connectivity index (χ4v) is 6.70. The van der Waals surface area contributed by atoms with E-state index >= 15 is 0 Å². The second-order valence-electron chi connectivity index (χ2n) is 13.6. The number of benzene rings is 1. The van der Waals surface area contributed by atoms with E-state index in [4.69, 9.17) is 0 Å². The third-order valence-corrected chi connectivity index (χ3v) is 9.51. The average molecular weight is 594 g/mol. The fourth-order valence-electron chi connectivity index (χ4n) is 6.70. The van der Waals surface area contributed by atoms with E-state index in [1.54, 1.807) is 0 Å². The number of aryl methyl sites for hydroxylation is 2. The van der Waals surface area contributed by atoms with E-state index < -0.39 is 0 Å². The van der Waals surface area contributed by atoms with Gasteiger partial charge in [-0.05, 0) is 37.8 Å². The minimum atomic E-state index is 1.15. The quantitative estimate of drug-likeness (QED) is 0.0607. The summed E-state index contributed by atoms with van der Waals surface area (Å²) in [5.41, 5.74) is 1.36. The Bertz CT molecular complexity index is 839. The molecule has 43 heavy (non-hydrogen) atoms. The molecule has 0 spiro atoms. The van der Waals surface area contributed by atoms with Gasteiger partial charge in [0.25, 0.3) is 5.82 Å². The maximum atomic E-state index is 2.53. The van der Waals surface area contributed by atoms with Gasteiger partial charge in [-0.25, -0.2) is 9.13 Å². The first kappa shape index (κ1) is 37.6.